The molecule has 140 valence electrons. The van der Waals surface area contributed by atoms with Gasteiger partial charge in [0.25, 0.3) is 0 Å². The number of hydrogen-bond acceptors (Lipinski definition) is 7. The zero-order valence-corrected chi connectivity index (χ0v) is 14.5. The third-order valence-corrected chi connectivity index (χ3v) is 3.22. The van der Waals surface area contributed by atoms with Crippen LogP contribution < -0.4 is 25.5 Å². The number of amides is 3. The van der Waals surface area contributed by atoms with Crippen LogP contribution in [0.1, 0.15) is 13.3 Å². The van der Waals surface area contributed by atoms with Gasteiger partial charge >= 0.3 is 11.8 Å². The number of rotatable bonds is 7. The van der Waals surface area contributed by atoms with Gasteiger partial charge in [-0.3, -0.25) is 14.4 Å². The van der Waals surface area contributed by atoms with Gasteiger partial charge in [0.15, 0.2) is 11.5 Å². The summed E-state index contributed by atoms with van der Waals surface area (Å²) in [6, 6.07) is 5.03. The van der Waals surface area contributed by atoms with Crippen LogP contribution in [0.15, 0.2) is 23.3 Å². The number of carbonyl (C=O) groups is 3. The Morgan fingerprint density at radius 1 is 1.19 bits per heavy atom. The summed E-state index contributed by atoms with van der Waals surface area (Å²) in [5, 5.41) is 8.77. The van der Waals surface area contributed by atoms with Crippen molar-refractivity contribution in [2.24, 2.45) is 5.10 Å². The van der Waals surface area contributed by atoms with Crippen molar-refractivity contribution < 1.29 is 28.6 Å². The molecule has 1 aromatic rings. The van der Waals surface area contributed by atoms with Crippen molar-refractivity contribution in [3.8, 4) is 11.5 Å². The molecule has 0 saturated heterocycles. The quantitative estimate of drug-likeness (QED) is 0.270. The summed E-state index contributed by atoms with van der Waals surface area (Å²) < 4.78 is 15.2. The molecular weight excluding hydrogens is 344 g/mol. The highest BCUT2D eigenvalue weighted by molar-refractivity contribution is 6.35. The fourth-order valence-electron chi connectivity index (χ4n) is 2.00. The van der Waals surface area contributed by atoms with Crippen molar-refractivity contribution >= 4 is 29.1 Å². The molecule has 10 heteroatoms. The summed E-state index contributed by atoms with van der Waals surface area (Å²) in [7, 11) is 1.48. The van der Waals surface area contributed by atoms with Crippen LogP contribution >= 0.6 is 0 Å². The van der Waals surface area contributed by atoms with Crippen LogP contribution in [0.5, 0.6) is 11.5 Å². The second-order valence-corrected chi connectivity index (χ2v) is 5.33. The maximum absolute atomic E-state index is 12.0. The highest BCUT2D eigenvalue weighted by Gasteiger charge is 2.15. The number of hydrazone groups is 1. The van der Waals surface area contributed by atoms with Crippen LogP contribution in [0.3, 0.4) is 0 Å². The fourth-order valence-corrected chi connectivity index (χ4v) is 2.00. The lowest BCUT2D eigenvalue weighted by Crippen LogP contribution is -2.39. The summed E-state index contributed by atoms with van der Waals surface area (Å²) in [5.41, 5.74) is 2.98. The number of anilines is 1. The highest BCUT2D eigenvalue weighted by atomic mass is 16.7. The molecule has 0 radical (unpaired) electrons. The largest absolute Gasteiger partial charge is 0.454 e. The molecule has 0 aromatic heterocycles. The van der Waals surface area contributed by atoms with Gasteiger partial charge in [-0.1, -0.05) is 0 Å². The summed E-state index contributed by atoms with van der Waals surface area (Å²) in [5.74, 6) is -0.906. The van der Waals surface area contributed by atoms with E-state index in [0.717, 1.165) is 0 Å². The highest BCUT2D eigenvalue weighted by Crippen LogP contribution is 2.34. The van der Waals surface area contributed by atoms with Crippen LogP contribution in [-0.4, -0.2) is 50.5 Å². The van der Waals surface area contributed by atoms with Gasteiger partial charge in [0.1, 0.15) is 0 Å². The number of benzene rings is 1. The van der Waals surface area contributed by atoms with Crippen LogP contribution in [0.4, 0.5) is 5.69 Å². The first-order chi connectivity index (χ1) is 12.5. The molecule has 0 unspecified atom stereocenters. The Morgan fingerprint density at radius 3 is 2.73 bits per heavy atom. The zero-order chi connectivity index (χ0) is 18.9. The number of fused-ring (bicyclic) bond motifs is 1. The molecule has 26 heavy (non-hydrogen) atoms. The lowest BCUT2D eigenvalue weighted by atomic mass is 10.2. The third kappa shape index (κ3) is 5.74. The van der Waals surface area contributed by atoms with E-state index < -0.39 is 11.8 Å². The molecule has 0 aliphatic carbocycles. The predicted octanol–water partition coefficient (Wildman–Crippen LogP) is -0.00140. The number of nitrogens with one attached hydrogen (secondary N) is 3. The Bertz CT molecular complexity index is 719. The Labute approximate surface area is 149 Å². The van der Waals surface area contributed by atoms with E-state index in [2.05, 4.69) is 21.2 Å². The Balaban J connectivity index is 1.78. The van der Waals surface area contributed by atoms with E-state index in [4.69, 9.17) is 14.2 Å². The molecule has 1 aliphatic rings. The van der Waals surface area contributed by atoms with Crippen LogP contribution in [0, 0.1) is 0 Å². The van der Waals surface area contributed by atoms with Gasteiger partial charge in [-0.15, -0.1) is 0 Å². The average molecular weight is 364 g/mol. The normalized spacial score (nSPS) is 12.5. The molecule has 3 N–H and O–H groups in total. The van der Waals surface area contributed by atoms with Gasteiger partial charge in [-0.05, 0) is 19.1 Å². The number of nitrogens with zero attached hydrogens (tertiary/aromatic N) is 1. The maximum atomic E-state index is 12.0. The van der Waals surface area contributed by atoms with Crippen molar-refractivity contribution in [2.45, 2.75) is 13.3 Å². The molecule has 10 nitrogen and oxygen atoms in total. The van der Waals surface area contributed by atoms with E-state index in [1.807, 2.05) is 0 Å². The topological polar surface area (TPSA) is 127 Å². The zero-order valence-electron chi connectivity index (χ0n) is 14.5. The molecule has 2 rings (SSSR count). The van der Waals surface area contributed by atoms with Gasteiger partial charge in [0.05, 0.1) is 13.0 Å². The minimum atomic E-state index is -0.920. The van der Waals surface area contributed by atoms with E-state index in [9.17, 15) is 14.4 Å². The van der Waals surface area contributed by atoms with Crippen molar-refractivity contribution in [1.29, 1.82) is 0 Å². The van der Waals surface area contributed by atoms with E-state index in [0.29, 0.717) is 29.5 Å². The summed E-state index contributed by atoms with van der Waals surface area (Å²) in [4.78, 5) is 35.0. The molecule has 0 saturated carbocycles. The molecule has 1 heterocycles. The minimum absolute atomic E-state index is 0.0555. The molecule has 3 amide bonds. The monoisotopic (exact) mass is 364 g/mol. The standard InChI is InChI=1S/C16H20N4O6/c1-10(19-20-16(23)15(22)17-5-6-24-2)7-14(21)18-11-3-4-12-13(8-11)26-9-25-12/h3-4,8H,5-7,9H2,1-2H3,(H,17,22)(H,18,21)(H,20,23)/b19-10-. The number of hydrogen-bond donors (Lipinski definition) is 3. The first kappa shape index (κ1) is 19.2. The molecule has 0 fully saturated rings. The van der Waals surface area contributed by atoms with Gasteiger partial charge in [-0.2, -0.15) is 5.10 Å². The summed E-state index contributed by atoms with van der Waals surface area (Å²) in [6.45, 7) is 2.21. The summed E-state index contributed by atoms with van der Waals surface area (Å²) >= 11 is 0. The van der Waals surface area contributed by atoms with Gasteiger partial charge in [0, 0.05) is 31.1 Å². The smallest absolute Gasteiger partial charge is 0.329 e. The van der Waals surface area contributed by atoms with Gasteiger partial charge in [-0.25, -0.2) is 5.43 Å². The number of methoxy groups -OCH3 is 1. The average Bonchev–Trinajstić information content (AvgIpc) is 3.07. The molecule has 1 aliphatic heterocycles. The van der Waals surface area contributed by atoms with Crippen molar-refractivity contribution in [3.63, 3.8) is 0 Å². The first-order valence-electron chi connectivity index (χ1n) is 7.79. The minimum Gasteiger partial charge on any atom is -0.454 e. The number of carbonyl (C=O) groups excluding carboxylic acids is 3. The van der Waals surface area contributed by atoms with Crippen LogP contribution in [0.25, 0.3) is 0 Å². The SMILES string of the molecule is COCCNC(=O)C(=O)N/N=C(/C)CC(=O)Nc1ccc2c(c1)OCO2. The predicted molar refractivity (Wildman–Crippen MR) is 91.9 cm³/mol. The molecule has 0 atom stereocenters. The maximum Gasteiger partial charge on any atom is 0.329 e. The van der Waals surface area contributed by atoms with Gasteiger partial charge in [0.2, 0.25) is 12.7 Å². The third-order valence-electron chi connectivity index (χ3n) is 3.22. The van der Waals surface area contributed by atoms with E-state index in [1.165, 1.54) is 7.11 Å². The molecule has 0 spiro atoms. The van der Waals surface area contributed by atoms with Crippen molar-refractivity contribution in [2.75, 3.05) is 32.4 Å². The van der Waals surface area contributed by atoms with E-state index >= 15 is 0 Å². The van der Waals surface area contributed by atoms with Gasteiger partial charge < -0.3 is 24.8 Å². The van der Waals surface area contributed by atoms with Crippen LogP contribution in [0.2, 0.25) is 0 Å². The molecular formula is C16H20N4O6. The lowest BCUT2D eigenvalue weighted by Gasteiger charge is -2.06. The van der Waals surface area contributed by atoms with Crippen LogP contribution in [-0.2, 0) is 19.1 Å². The van der Waals surface area contributed by atoms with Crippen molar-refractivity contribution in [3.05, 3.63) is 18.2 Å². The van der Waals surface area contributed by atoms with E-state index in [-0.39, 0.29) is 25.7 Å². The molecule has 0 bridgehead atoms. The Kier molecular flexibility index (Phi) is 6.92. The number of ether oxygens (including phenoxy) is 3. The Morgan fingerprint density at radius 2 is 1.96 bits per heavy atom. The second-order valence-electron chi connectivity index (χ2n) is 5.33. The van der Waals surface area contributed by atoms with Crippen molar-refractivity contribution in [1.82, 2.24) is 10.7 Å². The lowest BCUT2D eigenvalue weighted by molar-refractivity contribution is -0.139. The fraction of sp³-hybridized carbons (Fsp3) is 0.375. The second kappa shape index (κ2) is 9.37. The molecule has 1 aromatic carbocycles. The first-order valence-corrected chi connectivity index (χ1v) is 7.79. The van der Waals surface area contributed by atoms with E-state index in [1.54, 1.807) is 25.1 Å². The Hall–Kier alpha value is -3.14. The summed E-state index contributed by atoms with van der Waals surface area (Å²) in [6.07, 6.45) is -0.0555.